The van der Waals surface area contributed by atoms with Crippen LogP contribution in [0.25, 0.3) is 0 Å². The van der Waals surface area contributed by atoms with Crippen LogP contribution in [0.1, 0.15) is 50.6 Å². The van der Waals surface area contributed by atoms with Gasteiger partial charge in [0, 0.05) is 24.7 Å². The summed E-state index contributed by atoms with van der Waals surface area (Å²) >= 11 is 0. The van der Waals surface area contributed by atoms with Gasteiger partial charge in [-0.05, 0) is 31.7 Å². The fourth-order valence-electron chi connectivity index (χ4n) is 3.85. The van der Waals surface area contributed by atoms with Gasteiger partial charge in [0.15, 0.2) is 0 Å². The maximum absolute atomic E-state index is 12.3. The van der Waals surface area contributed by atoms with Crippen molar-refractivity contribution >= 4 is 5.91 Å². The first kappa shape index (κ1) is 16.5. The van der Waals surface area contributed by atoms with Gasteiger partial charge in [-0.25, -0.2) is 0 Å². The first-order chi connectivity index (χ1) is 11.2. The predicted molar refractivity (Wildman–Crippen MR) is 91.1 cm³/mol. The minimum atomic E-state index is 0.0321. The molecule has 23 heavy (non-hydrogen) atoms. The molecular formula is C19H28N2O2. The molecule has 2 N–H and O–H groups in total. The summed E-state index contributed by atoms with van der Waals surface area (Å²) in [5.74, 6) is 0.197. The molecule has 0 aromatic heterocycles. The van der Waals surface area contributed by atoms with E-state index in [1.807, 2.05) is 6.07 Å². The Morgan fingerprint density at radius 3 is 2.70 bits per heavy atom. The van der Waals surface area contributed by atoms with Crippen molar-refractivity contribution < 1.29 is 9.53 Å². The van der Waals surface area contributed by atoms with Crippen molar-refractivity contribution in [1.29, 1.82) is 0 Å². The number of benzene rings is 1. The first-order valence-corrected chi connectivity index (χ1v) is 8.87. The SMILES string of the molecule is CC(NC1(CNC(=O)C2CCOC2)CCCC1)c1ccccc1. The number of nitrogens with one attached hydrogen (secondary N) is 2. The number of hydrogen-bond donors (Lipinski definition) is 2. The molecule has 1 amide bonds. The van der Waals surface area contributed by atoms with E-state index in [-0.39, 0.29) is 17.4 Å². The third kappa shape index (κ3) is 4.12. The van der Waals surface area contributed by atoms with Gasteiger partial charge in [-0.1, -0.05) is 43.2 Å². The van der Waals surface area contributed by atoms with E-state index in [1.54, 1.807) is 0 Å². The van der Waals surface area contributed by atoms with Crippen LogP contribution in [0, 0.1) is 5.92 Å². The maximum atomic E-state index is 12.3. The van der Waals surface area contributed by atoms with Gasteiger partial charge in [0.1, 0.15) is 0 Å². The highest BCUT2D eigenvalue weighted by atomic mass is 16.5. The van der Waals surface area contributed by atoms with Crippen LogP contribution in [0.2, 0.25) is 0 Å². The summed E-state index contributed by atoms with van der Waals surface area (Å²) in [5, 5.41) is 6.99. The van der Waals surface area contributed by atoms with Crippen molar-refractivity contribution in [3.63, 3.8) is 0 Å². The standard InChI is InChI=1S/C19H28N2O2/c1-15(16-7-3-2-4-8-16)21-19(10-5-6-11-19)14-20-18(22)17-9-12-23-13-17/h2-4,7-8,15,17,21H,5-6,9-14H2,1H3,(H,20,22). The van der Waals surface area contributed by atoms with Crippen LogP contribution in [0.15, 0.2) is 30.3 Å². The Kier molecular flexibility index (Phi) is 5.34. The summed E-state index contributed by atoms with van der Waals surface area (Å²) in [4.78, 5) is 12.3. The molecule has 1 saturated heterocycles. The highest BCUT2D eigenvalue weighted by Crippen LogP contribution is 2.32. The van der Waals surface area contributed by atoms with Crippen molar-refractivity contribution in [2.45, 2.75) is 50.6 Å². The molecule has 2 atom stereocenters. The lowest BCUT2D eigenvalue weighted by Crippen LogP contribution is -2.53. The van der Waals surface area contributed by atoms with Crippen LogP contribution in [-0.4, -0.2) is 31.2 Å². The highest BCUT2D eigenvalue weighted by Gasteiger charge is 2.36. The number of amides is 1. The van der Waals surface area contributed by atoms with E-state index in [9.17, 15) is 4.79 Å². The number of carbonyl (C=O) groups is 1. The zero-order valence-corrected chi connectivity index (χ0v) is 14.0. The summed E-state index contributed by atoms with van der Waals surface area (Å²) in [6, 6.07) is 10.8. The van der Waals surface area contributed by atoms with Gasteiger partial charge in [0.05, 0.1) is 12.5 Å². The minimum absolute atomic E-state index is 0.0321. The van der Waals surface area contributed by atoms with Gasteiger partial charge in [0.2, 0.25) is 5.91 Å². The second-order valence-electron chi connectivity index (χ2n) is 7.04. The molecular weight excluding hydrogens is 288 g/mol. The van der Waals surface area contributed by atoms with Crippen molar-refractivity contribution in [2.75, 3.05) is 19.8 Å². The van der Waals surface area contributed by atoms with E-state index >= 15 is 0 Å². The van der Waals surface area contributed by atoms with E-state index in [2.05, 4.69) is 41.8 Å². The van der Waals surface area contributed by atoms with Gasteiger partial charge < -0.3 is 15.4 Å². The summed E-state index contributed by atoms with van der Waals surface area (Å²) in [6.45, 7) is 4.22. The Hall–Kier alpha value is -1.39. The van der Waals surface area contributed by atoms with Crippen LogP contribution in [0.5, 0.6) is 0 Å². The number of carbonyl (C=O) groups excluding carboxylic acids is 1. The van der Waals surface area contributed by atoms with Gasteiger partial charge in [-0.15, -0.1) is 0 Å². The molecule has 3 rings (SSSR count). The van der Waals surface area contributed by atoms with Gasteiger partial charge in [-0.3, -0.25) is 4.79 Å². The van der Waals surface area contributed by atoms with Crippen molar-refractivity contribution in [3.8, 4) is 0 Å². The van der Waals surface area contributed by atoms with E-state index in [4.69, 9.17) is 4.74 Å². The summed E-state index contributed by atoms with van der Waals surface area (Å²) in [5.41, 5.74) is 1.33. The van der Waals surface area contributed by atoms with E-state index < -0.39 is 0 Å². The topological polar surface area (TPSA) is 50.4 Å². The summed E-state index contributed by atoms with van der Waals surface area (Å²) < 4.78 is 5.32. The van der Waals surface area contributed by atoms with Crippen LogP contribution in [0.3, 0.4) is 0 Å². The van der Waals surface area contributed by atoms with Crippen molar-refractivity contribution in [1.82, 2.24) is 10.6 Å². The zero-order valence-electron chi connectivity index (χ0n) is 14.0. The van der Waals surface area contributed by atoms with E-state index in [0.717, 1.165) is 25.8 Å². The Morgan fingerprint density at radius 1 is 1.30 bits per heavy atom. The Morgan fingerprint density at radius 2 is 2.04 bits per heavy atom. The number of rotatable bonds is 6. The monoisotopic (exact) mass is 316 g/mol. The van der Waals surface area contributed by atoms with Crippen molar-refractivity contribution in [3.05, 3.63) is 35.9 Å². The Balaban J connectivity index is 1.59. The number of ether oxygens (including phenoxy) is 1. The summed E-state index contributed by atoms with van der Waals surface area (Å²) in [6.07, 6.45) is 5.58. The molecule has 1 heterocycles. The Bertz CT molecular complexity index is 505. The molecule has 0 bridgehead atoms. The largest absolute Gasteiger partial charge is 0.381 e. The first-order valence-electron chi connectivity index (χ1n) is 8.87. The Labute approximate surface area is 139 Å². The summed E-state index contributed by atoms with van der Waals surface area (Å²) in [7, 11) is 0. The lowest BCUT2D eigenvalue weighted by molar-refractivity contribution is -0.125. The zero-order chi connectivity index (χ0) is 16.1. The molecule has 1 saturated carbocycles. The molecule has 1 aliphatic carbocycles. The molecule has 2 aliphatic rings. The molecule has 1 aliphatic heterocycles. The van der Waals surface area contributed by atoms with Crippen LogP contribution >= 0.6 is 0 Å². The lowest BCUT2D eigenvalue weighted by Gasteiger charge is -2.34. The second-order valence-corrected chi connectivity index (χ2v) is 7.04. The molecule has 0 radical (unpaired) electrons. The molecule has 1 aromatic rings. The molecule has 2 unspecified atom stereocenters. The molecule has 4 heteroatoms. The fraction of sp³-hybridized carbons (Fsp3) is 0.632. The van der Waals surface area contributed by atoms with Gasteiger partial charge in [0.25, 0.3) is 0 Å². The predicted octanol–water partition coefficient (Wildman–Crippen LogP) is 2.80. The normalized spacial score (nSPS) is 24.5. The third-order valence-electron chi connectivity index (χ3n) is 5.28. The molecule has 126 valence electrons. The van der Waals surface area contributed by atoms with Crippen LogP contribution in [0.4, 0.5) is 0 Å². The quantitative estimate of drug-likeness (QED) is 0.848. The molecule has 1 aromatic carbocycles. The molecule has 0 spiro atoms. The maximum Gasteiger partial charge on any atom is 0.225 e. The number of hydrogen-bond acceptors (Lipinski definition) is 3. The van der Waals surface area contributed by atoms with Gasteiger partial charge in [-0.2, -0.15) is 0 Å². The van der Waals surface area contributed by atoms with Gasteiger partial charge >= 0.3 is 0 Å². The third-order valence-corrected chi connectivity index (χ3v) is 5.28. The lowest BCUT2D eigenvalue weighted by atomic mass is 9.94. The van der Waals surface area contributed by atoms with E-state index in [1.165, 1.54) is 18.4 Å². The smallest absolute Gasteiger partial charge is 0.225 e. The highest BCUT2D eigenvalue weighted by molar-refractivity contribution is 5.79. The average molecular weight is 316 g/mol. The van der Waals surface area contributed by atoms with E-state index in [0.29, 0.717) is 19.3 Å². The van der Waals surface area contributed by atoms with Crippen molar-refractivity contribution in [2.24, 2.45) is 5.92 Å². The van der Waals surface area contributed by atoms with Crippen LogP contribution < -0.4 is 10.6 Å². The minimum Gasteiger partial charge on any atom is -0.381 e. The average Bonchev–Trinajstić information content (AvgIpc) is 3.26. The molecule has 4 nitrogen and oxygen atoms in total. The molecule has 2 fully saturated rings. The fourth-order valence-corrected chi connectivity index (χ4v) is 3.85. The second kappa shape index (κ2) is 7.45. The van der Waals surface area contributed by atoms with Crippen LogP contribution in [-0.2, 0) is 9.53 Å².